The number of nitrogens with two attached hydrogens (primary N) is 1. The molecule has 1 amide bonds. The third kappa shape index (κ3) is 3.07. The normalized spacial score (nSPS) is 17.3. The van der Waals surface area contributed by atoms with Crippen molar-refractivity contribution in [3.05, 3.63) is 41.6 Å². The van der Waals surface area contributed by atoms with E-state index in [4.69, 9.17) is 15.2 Å². The third-order valence-electron chi connectivity index (χ3n) is 5.12. The smallest absolute Gasteiger partial charge is 0.260 e. The second-order valence-corrected chi connectivity index (χ2v) is 6.87. The molecular weight excluding hydrogens is 330 g/mol. The summed E-state index contributed by atoms with van der Waals surface area (Å²) in [5.74, 6) is 1.74. The number of carbonyl (C=O) groups excluding carboxylic acids is 1. The van der Waals surface area contributed by atoms with Crippen LogP contribution in [0.5, 0.6) is 11.5 Å². The number of carbonyl (C=O) groups is 1. The standard InChI is InChI=1S/C20H23N3O3/c1-25-17-8-7-14(10-18(17)26-15-5-3-2-4-6-15)23-12-13-9-19(21)22-11-16(13)20(23)24/h7-11,15H,2-6,12H2,1H3,(H2,21,22). The number of anilines is 2. The van der Waals surface area contributed by atoms with Crippen LogP contribution in [-0.4, -0.2) is 24.1 Å². The number of nitrogen functional groups attached to an aromatic ring is 1. The van der Waals surface area contributed by atoms with Crippen molar-refractivity contribution in [2.45, 2.75) is 44.8 Å². The summed E-state index contributed by atoms with van der Waals surface area (Å²) >= 11 is 0. The second kappa shape index (κ2) is 6.86. The van der Waals surface area contributed by atoms with E-state index in [2.05, 4.69) is 4.98 Å². The Morgan fingerprint density at radius 3 is 2.73 bits per heavy atom. The highest BCUT2D eigenvalue weighted by Gasteiger charge is 2.30. The topological polar surface area (TPSA) is 77.7 Å². The Bertz CT molecular complexity index is 831. The van der Waals surface area contributed by atoms with Gasteiger partial charge in [-0.25, -0.2) is 4.98 Å². The second-order valence-electron chi connectivity index (χ2n) is 6.87. The van der Waals surface area contributed by atoms with Crippen LogP contribution >= 0.6 is 0 Å². The zero-order chi connectivity index (χ0) is 18.1. The van der Waals surface area contributed by atoms with Gasteiger partial charge in [-0.2, -0.15) is 0 Å². The Kier molecular flexibility index (Phi) is 4.41. The number of pyridine rings is 1. The van der Waals surface area contributed by atoms with Gasteiger partial charge in [-0.15, -0.1) is 0 Å². The molecule has 2 aromatic rings. The first-order chi connectivity index (χ1) is 12.7. The van der Waals surface area contributed by atoms with Gasteiger partial charge < -0.3 is 20.1 Å². The zero-order valence-corrected chi connectivity index (χ0v) is 14.9. The fourth-order valence-electron chi connectivity index (χ4n) is 3.72. The molecule has 0 atom stereocenters. The van der Waals surface area contributed by atoms with E-state index in [0.29, 0.717) is 29.4 Å². The van der Waals surface area contributed by atoms with E-state index in [-0.39, 0.29) is 12.0 Å². The predicted octanol–water partition coefficient (Wildman–Crippen LogP) is 3.54. The minimum atomic E-state index is -0.0683. The van der Waals surface area contributed by atoms with E-state index in [0.717, 1.165) is 24.1 Å². The van der Waals surface area contributed by atoms with Crippen LogP contribution < -0.4 is 20.1 Å². The summed E-state index contributed by atoms with van der Waals surface area (Å²) < 4.78 is 11.7. The van der Waals surface area contributed by atoms with Crippen LogP contribution in [0.25, 0.3) is 0 Å². The van der Waals surface area contributed by atoms with Gasteiger partial charge in [0.05, 0.1) is 25.3 Å². The molecule has 6 nitrogen and oxygen atoms in total. The summed E-state index contributed by atoms with van der Waals surface area (Å²) in [6, 6.07) is 7.40. The number of fused-ring (bicyclic) bond motifs is 1. The number of rotatable bonds is 4. The first kappa shape index (κ1) is 16.7. The molecule has 26 heavy (non-hydrogen) atoms. The highest BCUT2D eigenvalue weighted by atomic mass is 16.5. The lowest BCUT2D eigenvalue weighted by Gasteiger charge is -2.25. The highest BCUT2D eigenvalue weighted by molar-refractivity contribution is 6.10. The minimum Gasteiger partial charge on any atom is -0.493 e. The molecule has 1 aliphatic carbocycles. The van der Waals surface area contributed by atoms with E-state index in [1.807, 2.05) is 18.2 Å². The zero-order valence-electron chi connectivity index (χ0n) is 14.9. The number of benzene rings is 1. The molecule has 1 aromatic carbocycles. The number of hydrogen-bond acceptors (Lipinski definition) is 5. The lowest BCUT2D eigenvalue weighted by molar-refractivity contribution is 0.0996. The molecule has 4 rings (SSSR count). The lowest BCUT2D eigenvalue weighted by Crippen LogP contribution is -2.23. The van der Waals surface area contributed by atoms with Gasteiger partial charge in [0.25, 0.3) is 5.91 Å². The molecule has 0 radical (unpaired) electrons. The summed E-state index contributed by atoms with van der Waals surface area (Å²) in [6.45, 7) is 0.482. The molecule has 0 spiro atoms. The van der Waals surface area contributed by atoms with Crippen LogP contribution in [0.1, 0.15) is 48.0 Å². The van der Waals surface area contributed by atoms with Crippen LogP contribution in [0.2, 0.25) is 0 Å². The number of aromatic nitrogens is 1. The molecule has 2 N–H and O–H groups in total. The van der Waals surface area contributed by atoms with E-state index in [1.165, 1.54) is 19.3 Å². The van der Waals surface area contributed by atoms with E-state index in [1.54, 1.807) is 24.3 Å². The third-order valence-corrected chi connectivity index (χ3v) is 5.12. The first-order valence-electron chi connectivity index (χ1n) is 9.06. The van der Waals surface area contributed by atoms with Crippen LogP contribution in [0, 0.1) is 0 Å². The van der Waals surface area contributed by atoms with E-state index < -0.39 is 0 Å². The quantitative estimate of drug-likeness (QED) is 0.909. The Balaban J connectivity index is 1.61. The fraction of sp³-hybridized carbons (Fsp3) is 0.400. The van der Waals surface area contributed by atoms with Crippen molar-refractivity contribution in [3.8, 4) is 11.5 Å². The number of hydrogen-bond donors (Lipinski definition) is 1. The monoisotopic (exact) mass is 353 g/mol. The molecule has 1 fully saturated rings. The average molecular weight is 353 g/mol. The van der Waals surface area contributed by atoms with Crippen LogP contribution in [0.3, 0.4) is 0 Å². The molecule has 0 unspecified atom stereocenters. The van der Waals surface area contributed by atoms with Crippen molar-refractivity contribution in [1.29, 1.82) is 0 Å². The molecule has 2 aliphatic rings. The first-order valence-corrected chi connectivity index (χ1v) is 9.06. The number of methoxy groups -OCH3 is 1. The van der Waals surface area contributed by atoms with Crippen LogP contribution in [0.15, 0.2) is 30.5 Å². The Morgan fingerprint density at radius 1 is 1.15 bits per heavy atom. The maximum Gasteiger partial charge on any atom is 0.260 e. The maximum atomic E-state index is 12.7. The number of amides is 1. The maximum absolute atomic E-state index is 12.7. The number of nitrogens with zero attached hydrogens (tertiary/aromatic N) is 2. The predicted molar refractivity (Wildman–Crippen MR) is 99.7 cm³/mol. The van der Waals surface area contributed by atoms with Gasteiger partial charge in [-0.1, -0.05) is 6.42 Å². The summed E-state index contributed by atoms with van der Waals surface area (Å²) in [4.78, 5) is 18.5. The summed E-state index contributed by atoms with van der Waals surface area (Å²) in [5.41, 5.74) is 8.04. The van der Waals surface area contributed by atoms with Gasteiger partial charge in [-0.05, 0) is 49.4 Å². The number of ether oxygens (including phenoxy) is 2. The van der Waals surface area contributed by atoms with Gasteiger partial charge in [-0.3, -0.25) is 4.79 Å². The summed E-state index contributed by atoms with van der Waals surface area (Å²) in [6.07, 6.45) is 7.55. The molecular formula is C20H23N3O3. The molecule has 0 bridgehead atoms. The van der Waals surface area contributed by atoms with E-state index in [9.17, 15) is 4.79 Å². The molecule has 6 heteroatoms. The molecule has 2 heterocycles. The molecule has 1 saturated carbocycles. The van der Waals surface area contributed by atoms with Gasteiger partial charge in [0.2, 0.25) is 0 Å². The Labute approximate surface area is 152 Å². The SMILES string of the molecule is COc1ccc(N2Cc3cc(N)ncc3C2=O)cc1OC1CCCCC1. The van der Waals surface area contributed by atoms with Crippen molar-refractivity contribution in [2.75, 3.05) is 17.7 Å². The van der Waals surface area contributed by atoms with Gasteiger partial charge in [0.1, 0.15) is 5.82 Å². The Morgan fingerprint density at radius 2 is 1.96 bits per heavy atom. The van der Waals surface area contributed by atoms with Gasteiger partial charge in [0.15, 0.2) is 11.5 Å². The average Bonchev–Trinajstić information content (AvgIpc) is 2.98. The van der Waals surface area contributed by atoms with Gasteiger partial charge in [0, 0.05) is 18.0 Å². The highest BCUT2D eigenvalue weighted by Crippen LogP contribution is 2.37. The van der Waals surface area contributed by atoms with Crippen molar-refractivity contribution in [2.24, 2.45) is 0 Å². The minimum absolute atomic E-state index is 0.0683. The Hall–Kier alpha value is -2.76. The molecule has 0 saturated heterocycles. The fourth-order valence-corrected chi connectivity index (χ4v) is 3.72. The largest absolute Gasteiger partial charge is 0.493 e. The van der Waals surface area contributed by atoms with Gasteiger partial charge >= 0.3 is 0 Å². The van der Waals surface area contributed by atoms with Crippen molar-refractivity contribution >= 4 is 17.4 Å². The lowest BCUT2D eigenvalue weighted by atomic mass is 9.98. The molecule has 1 aromatic heterocycles. The molecule has 136 valence electrons. The molecule has 1 aliphatic heterocycles. The van der Waals surface area contributed by atoms with Crippen molar-refractivity contribution < 1.29 is 14.3 Å². The van der Waals surface area contributed by atoms with E-state index >= 15 is 0 Å². The van der Waals surface area contributed by atoms with Crippen LogP contribution in [0.4, 0.5) is 11.5 Å². The summed E-state index contributed by atoms with van der Waals surface area (Å²) in [5, 5.41) is 0. The van der Waals surface area contributed by atoms with Crippen molar-refractivity contribution in [3.63, 3.8) is 0 Å². The van der Waals surface area contributed by atoms with Crippen LogP contribution in [-0.2, 0) is 6.54 Å². The summed E-state index contributed by atoms with van der Waals surface area (Å²) in [7, 11) is 1.63. The van der Waals surface area contributed by atoms with Crippen molar-refractivity contribution in [1.82, 2.24) is 4.98 Å².